The molecule has 2 aromatic rings. The summed E-state index contributed by atoms with van der Waals surface area (Å²) >= 11 is 12.1. The summed E-state index contributed by atoms with van der Waals surface area (Å²) < 4.78 is 5.15. The van der Waals surface area contributed by atoms with E-state index in [0.29, 0.717) is 34.6 Å². The Morgan fingerprint density at radius 2 is 1.55 bits per heavy atom. The summed E-state index contributed by atoms with van der Waals surface area (Å²) in [5.41, 5.74) is 1.59. The highest BCUT2D eigenvalue weighted by Gasteiger charge is 2.43. The van der Waals surface area contributed by atoms with Crippen molar-refractivity contribution in [3.05, 3.63) is 52.5 Å². The minimum absolute atomic E-state index is 0.164. The van der Waals surface area contributed by atoms with E-state index in [9.17, 15) is 9.59 Å². The Balaban J connectivity index is 1.42. The number of imide groups is 1. The Morgan fingerprint density at radius 3 is 2.17 bits per heavy atom. The molecule has 0 saturated carbocycles. The lowest BCUT2D eigenvalue weighted by Crippen LogP contribution is -2.52. The molecule has 2 aliphatic rings. The van der Waals surface area contributed by atoms with Crippen LogP contribution in [0.4, 0.5) is 11.4 Å². The van der Waals surface area contributed by atoms with Crippen molar-refractivity contribution in [2.75, 3.05) is 43.1 Å². The standard InChI is InChI=1S/C21H21Cl2N3O3/c1-29-16-5-2-14(3-6-16)26-20(27)13-19(21(26)28)25-10-8-24(9-11-25)15-4-7-17(22)18(23)12-15/h2-7,12,19H,8-11,13H2,1H3. The van der Waals surface area contributed by atoms with Crippen LogP contribution in [-0.4, -0.2) is 56.0 Å². The number of rotatable bonds is 4. The van der Waals surface area contributed by atoms with Crippen LogP contribution in [0.1, 0.15) is 6.42 Å². The van der Waals surface area contributed by atoms with Crippen LogP contribution in [0.5, 0.6) is 5.75 Å². The predicted octanol–water partition coefficient (Wildman–Crippen LogP) is 3.46. The van der Waals surface area contributed by atoms with Gasteiger partial charge in [0.25, 0.3) is 5.91 Å². The van der Waals surface area contributed by atoms with E-state index in [1.165, 1.54) is 4.90 Å². The van der Waals surface area contributed by atoms with E-state index in [1.54, 1.807) is 37.4 Å². The Hall–Kier alpha value is -2.28. The highest BCUT2D eigenvalue weighted by atomic mass is 35.5. The van der Waals surface area contributed by atoms with E-state index in [2.05, 4.69) is 9.80 Å². The fraction of sp³-hybridized carbons (Fsp3) is 0.333. The number of amides is 2. The van der Waals surface area contributed by atoms with E-state index in [-0.39, 0.29) is 18.2 Å². The zero-order chi connectivity index (χ0) is 20.5. The van der Waals surface area contributed by atoms with E-state index in [1.807, 2.05) is 12.1 Å². The molecule has 0 radical (unpaired) electrons. The first-order valence-electron chi connectivity index (χ1n) is 9.43. The summed E-state index contributed by atoms with van der Waals surface area (Å²) in [6.07, 6.45) is 0.206. The van der Waals surface area contributed by atoms with Gasteiger partial charge in [-0.05, 0) is 42.5 Å². The second-order valence-electron chi connectivity index (χ2n) is 7.11. The maximum atomic E-state index is 13.0. The molecule has 4 rings (SSSR count). The summed E-state index contributed by atoms with van der Waals surface area (Å²) in [4.78, 5) is 31.1. The van der Waals surface area contributed by atoms with Gasteiger partial charge in [0.1, 0.15) is 5.75 Å². The van der Waals surface area contributed by atoms with Crippen LogP contribution in [0.3, 0.4) is 0 Å². The van der Waals surface area contributed by atoms with Gasteiger partial charge in [0, 0.05) is 31.9 Å². The van der Waals surface area contributed by atoms with Crippen molar-refractivity contribution < 1.29 is 14.3 Å². The molecule has 2 amide bonds. The number of benzene rings is 2. The Bertz CT molecular complexity index is 927. The molecule has 0 spiro atoms. The number of hydrogen-bond acceptors (Lipinski definition) is 5. The zero-order valence-electron chi connectivity index (χ0n) is 16.0. The molecule has 152 valence electrons. The second-order valence-corrected chi connectivity index (χ2v) is 7.92. The first-order valence-corrected chi connectivity index (χ1v) is 10.2. The van der Waals surface area contributed by atoms with Crippen molar-refractivity contribution in [1.29, 1.82) is 0 Å². The number of ether oxygens (including phenoxy) is 1. The fourth-order valence-electron chi connectivity index (χ4n) is 3.88. The summed E-state index contributed by atoms with van der Waals surface area (Å²) in [7, 11) is 1.58. The van der Waals surface area contributed by atoms with Crippen LogP contribution in [-0.2, 0) is 9.59 Å². The molecular formula is C21H21Cl2N3O3. The van der Waals surface area contributed by atoms with Crippen LogP contribution in [0.25, 0.3) is 0 Å². The van der Waals surface area contributed by atoms with Gasteiger partial charge in [0.2, 0.25) is 5.91 Å². The molecule has 6 nitrogen and oxygen atoms in total. The number of carbonyl (C=O) groups excluding carboxylic acids is 2. The van der Waals surface area contributed by atoms with E-state index in [0.717, 1.165) is 18.8 Å². The molecule has 29 heavy (non-hydrogen) atoms. The molecule has 1 unspecified atom stereocenters. The number of carbonyl (C=O) groups is 2. The van der Waals surface area contributed by atoms with Gasteiger partial charge in [0.05, 0.1) is 35.3 Å². The molecule has 0 aromatic heterocycles. The summed E-state index contributed by atoms with van der Waals surface area (Å²) in [5.74, 6) is 0.350. The van der Waals surface area contributed by atoms with Gasteiger partial charge in [-0.1, -0.05) is 23.2 Å². The Kier molecular flexibility index (Phi) is 5.67. The van der Waals surface area contributed by atoms with Gasteiger partial charge >= 0.3 is 0 Å². The van der Waals surface area contributed by atoms with Gasteiger partial charge < -0.3 is 9.64 Å². The molecule has 8 heteroatoms. The van der Waals surface area contributed by atoms with Crippen molar-refractivity contribution in [1.82, 2.24) is 4.90 Å². The van der Waals surface area contributed by atoms with Crippen LogP contribution >= 0.6 is 23.2 Å². The predicted molar refractivity (Wildman–Crippen MR) is 114 cm³/mol. The highest BCUT2D eigenvalue weighted by Crippen LogP contribution is 2.30. The quantitative estimate of drug-likeness (QED) is 0.691. The SMILES string of the molecule is COc1ccc(N2C(=O)CC(N3CCN(c4ccc(Cl)c(Cl)c4)CC3)C2=O)cc1. The van der Waals surface area contributed by atoms with Crippen molar-refractivity contribution in [3.63, 3.8) is 0 Å². The van der Waals surface area contributed by atoms with Gasteiger partial charge in [0.15, 0.2) is 0 Å². The molecule has 2 saturated heterocycles. The molecule has 2 aliphatic heterocycles. The lowest BCUT2D eigenvalue weighted by molar-refractivity contribution is -0.123. The number of methoxy groups -OCH3 is 1. The Labute approximate surface area is 179 Å². The molecule has 2 aromatic carbocycles. The van der Waals surface area contributed by atoms with Crippen molar-refractivity contribution >= 4 is 46.4 Å². The molecule has 0 aliphatic carbocycles. The van der Waals surface area contributed by atoms with E-state index >= 15 is 0 Å². The van der Waals surface area contributed by atoms with Crippen LogP contribution in [0, 0.1) is 0 Å². The van der Waals surface area contributed by atoms with Crippen LogP contribution < -0.4 is 14.5 Å². The molecule has 2 heterocycles. The van der Waals surface area contributed by atoms with Gasteiger partial charge in [-0.3, -0.25) is 14.5 Å². The summed E-state index contributed by atoms with van der Waals surface area (Å²) in [6.45, 7) is 2.89. The summed E-state index contributed by atoms with van der Waals surface area (Å²) in [6, 6.07) is 12.1. The third-order valence-electron chi connectivity index (χ3n) is 5.48. The Morgan fingerprint density at radius 1 is 0.897 bits per heavy atom. The smallest absolute Gasteiger partial charge is 0.251 e. The number of nitrogens with zero attached hydrogens (tertiary/aromatic N) is 3. The molecule has 0 bridgehead atoms. The monoisotopic (exact) mass is 433 g/mol. The van der Waals surface area contributed by atoms with Gasteiger partial charge in [-0.25, -0.2) is 4.90 Å². The highest BCUT2D eigenvalue weighted by molar-refractivity contribution is 6.42. The molecule has 0 N–H and O–H groups in total. The normalized spacial score (nSPS) is 20.4. The second kappa shape index (κ2) is 8.22. The van der Waals surface area contributed by atoms with Gasteiger partial charge in [-0.15, -0.1) is 0 Å². The lowest BCUT2D eigenvalue weighted by Gasteiger charge is -2.38. The summed E-state index contributed by atoms with van der Waals surface area (Å²) in [5, 5.41) is 1.06. The van der Waals surface area contributed by atoms with E-state index in [4.69, 9.17) is 27.9 Å². The van der Waals surface area contributed by atoms with Gasteiger partial charge in [-0.2, -0.15) is 0 Å². The average molecular weight is 434 g/mol. The van der Waals surface area contributed by atoms with Crippen molar-refractivity contribution in [2.45, 2.75) is 12.5 Å². The van der Waals surface area contributed by atoms with Crippen LogP contribution in [0.2, 0.25) is 10.0 Å². The molecular weight excluding hydrogens is 413 g/mol. The van der Waals surface area contributed by atoms with E-state index < -0.39 is 6.04 Å². The maximum Gasteiger partial charge on any atom is 0.251 e. The van der Waals surface area contributed by atoms with Crippen LogP contribution in [0.15, 0.2) is 42.5 Å². The molecule has 1 atom stereocenters. The third kappa shape index (κ3) is 3.92. The number of piperazine rings is 1. The third-order valence-corrected chi connectivity index (χ3v) is 6.22. The lowest BCUT2D eigenvalue weighted by atomic mass is 10.1. The molecule has 2 fully saturated rings. The largest absolute Gasteiger partial charge is 0.497 e. The van der Waals surface area contributed by atoms with Crippen molar-refractivity contribution in [2.24, 2.45) is 0 Å². The average Bonchev–Trinajstić information content (AvgIpc) is 3.04. The van der Waals surface area contributed by atoms with Crippen molar-refractivity contribution in [3.8, 4) is 5.75 Å². The number of hydrogen-bond donors (Lipinski definition) is 0. The minimum atomic E-state index is -0.416. The fourth-order valence-corrected chi connectivity index (χ4v) is 4.17. The zero-order valence-corrected chi connectivity index (χ0v) is 17.5. The topological polar surface area (TPSA) is 53.1 Å². The first kappa shape index (κ1) is 20.0. The number of halogens is 2. The number of anilines is 2. The maximum absolute atomic E-state index is 13.0. The first-order chi connectivity index (χ1) is 14.0. The minimum Gasteiger partial charge on any atom is -0.497 e.